The van der Waals surface area contributed by atoms with Crippen LogP contribution in [-0.2, 0) is 9.47 Å². The second-order valence-corrected chi connectivity index (χ2v) is 8.95. The molecule has 0 radical (unpaired) electrons. The normalized spacial score (nSPS) is 10.9. The third kappa shape index (κ3) is 6.50. The predicted molar refractivity (Wildman–Crippen MR) is 135 cm³/mol. The monoisotopic (exact) mass is 535 g/mol. The van der Waals surface area contributed by atoms with E-state index in [9.17, 15) is 9.59 Å². The van der Waals surface area contributed by atoms with Gasteiger partial charge >= 0.3 is 11.9 Å². The number of esters is 2. The molecule has 2 rings (SSSR count). The van der Waals surface area contributed by atoms with Crippen molar-refractivity contribution in [2.75, 3.05) is 26.4 Å². The summed E-state index contributed by atoms with van der Waals surface area (Å²) in [5, 5.41) is 0. The van der Waals surface area contributed by atoms with Crippen molar-refractivity contribution in [3.05, 3.63) is 39.1 Å². The summed E-state index contributed by atoms with van der Waals surface area (Å²) in [6, 6.07) is 3.59. The maximum absolute atomic E-state index is 13.0. The highest BCUT2D eigenvalue weighted by molar-refractivity contribution is 9.10. The second kappa shape index (κ2) is 12.7. The number of aryl methyl sites for hydroxylation is 2. The lowest BCUT2D eigenvalue weighted by atomic mass is 9.92. The molecule has 0 aliphatic heterocycles. The third-order valence-electron chi connectivity index (χ3n) is 5.06. The summed E-state index contributed by atoms with van der Waals surface area (Å²) in [4.78, 5) is 30.4. The first-order valence-electron chi connectivity index (χ1n) is 11.6. The van der Waals surface area contributed by atoms with Crippen LogP contribution in [0.2, 0.25) is 0 Å². The molecule has 1 aromatic heterocycles. The Bertz CT molecular complexity index is 992. The Hall–Kier alpha value is -2.61. The first-order chi connectivity index (χ1) is 16.2. The van der Waals surface area contributed by atoms with Gasteiger partial charge in [0.1, 0.15) is 0 Å². The molecule has 0 saturated carbocycles. The topological polar surface area (TPSA) is 84.0 Å². The number of carbonyl (C=O) groups is 2. The number of halogens is 1. The van der Waals surface area contributed by atoms with Crippen molar-refractivity contribution in [3.8, 4) is 22.6 Å². The van der Waals surface area contributed by atoms with Crippen LogP contribution in [0.25, 0.3) is 11.1 Å². The molecule has 0 atom stereocenters. The molecule has 186 valence electrons. The molecule has 7 nitrogen and oxygen atoms in total. The standard InChI is InChI=1S/C26H34BrNO6/c1-8-31-20-14-18(13-19(27)24(20)34-12-11-15(4)5)23-21(25(29)32-9-2)16(6)28-17(7)22(23)26(30)33-10-3/h13-15H,8-12H2,1-7H3. The van der Waals surface area contributed by atoms with E-state index in [0.717, 1.165) is 6.42 Å². The summed E-state index contributed by atoms with van der Waals surface area (Å²) in [5.41, 5.74) is 2.36. The van der Waals surface area contributed by atoms with Crippen molar-refractivity contribution in [2.45, 2.75) is 54.9 Å². The Morgan fingerprint density at radius 2 is 1.47 bits per heavy atom. The van der Waals surface area contributed by atoms with Crippen LogP contribution in [-0.4, -0.2) is 43.4 Å². The molecule has 0 unspecified atom stereocenters. The van der Waals surface area contributed by atoms with Gasteiger partial charge in [-0.1, -0.05) is 13.8 Å². The van der Waals surface area contributed by atoms with Gasteiger partial charge < -0.3 is 18.9 Å². The lowest BCUT2D eigenvalue weighted by Gasteiger charge is -2.20. The van der Waals surface area contributed by atoms with Crippen molar-refractivity contribution >= 4 is 27.9 Å². The van der Waals surface area contributed by atoms with Gasteiger partial charge in [0.05, 0.1) is 53.4 Å². The molecule has 34 heavy (non-hydrogen) atoms. The summed E-state index contributed by atoms with van der Waals surface area (Å²) in [6.07, 6.45) is 0.891. The van der Waals surface area contributed by atoms with Crippen LogP contribution >= 0.6 is 15.9 Å². The van der Waals surface area contributed by atoms with E-state index in [4.69, 9.17) is 18.9 Å². The number of hydrogen-bond donors (Lipinski definition) is 0. The lowest BCUT2D eigenvalue weighted by molar-refractivity contribution is 0.0525. The molecule has 1 heterocycles. The molecular weight excluding hydrogens is 502 g/mol. The van der Waals surface area contributed by atoms with E-state index in [1.54, 1.807) is 33.8 Å². The maximum atomic E-state index is 13.0. The first-order valence-corrected chi connectivity index (χ1v) is 12.4. The molecule has 0 amide bonds. The van der Waals surface area contributed by atoms with Crippen LogP contribution in [0.4, 0.5) is 0 Å². The molecule has 0 fully saturated rings. The van der Waals surface area contributed by atoms with Crippen LogP contribution in [0.15, 0.2) is 16.6 Å². The number of nitrogens with zero attached hydrogens (tertiary/aromatic N) is 1. The quantitative estimate of drug-likeness (QED) is 0.312. The summed E-state index contributed by atoms with van der Waals surface area (Å²) >= 11 is 3.60. The Balaban J connectivity index is 2.81. The van der Waals surface area contributed by atoms with Crippen LogP contribution in [0.3, 0.4) is 0 Å². The highest BCUT2D eigenvalue weighted by Crippen LogP contribution is 2.42. The number of carbonyl (C=O) groups excluding carboxylic acids is 2. The number of rotatable bonds is 11. The molecule has 0 bridgehead atoms. The minimum Gasteiger partial charge on any atom is -0.490 e. The van der Waals surface area contributed by atoms with Crippen LogP contribution < -0.4 is 9.47 Å². The summed E-state index contributed by atoms with van der Waals surface area (Å²) in [5.74, 6) is 0.464. The van der Waals surface area contributed by atoms with Gasteiger partial charge in [0, 0.05) is 5.56 Å². The Kier molecular flexibility index (Phi) is 10.4. The Labute approximate surface area is 210 Å². The zero-order chi connectivity index (χ0) is 25.4. The molecule has 0 N–H and O–H groups in total. The van der Waals surface area contributed by atoms with Crippen molar-refractivity contribution in [1.29, 1.82) is 0 Å². The van der Waals surface area contributed by atoms with E-state index in [1.807, 2.05) is 13.0 Å². The number of pyridine rings is 1. The van der Waals surface area contributed by atoms with E-state index < -0.39 is 11.9 Å². The fourth-order valence-corrected chi connectivity index (χ4v) is 4.11. The lowest BCUT2D eigenvalue weighted by Crippen LogP contribution is -2.17. The van der Waals surface area contributed by atoms with E-state index in [1.165, 1.54) is 0 Å². The minimum absolute atomic E-state index is 0.191. The molecule has 1 aromatic carbocycles. The number of aromatic nitrogens is 1. The van der Waals surface area contributed by atoms with Crippen LogP contribution in [0.5, 0.6) is 11.5 Å². The van der Waals surface area contributed by atoms with Gasteiger partial charge in [-0.15, -0.1) is 0 Å². The van der Waals surface area contributed by atoms with Gasteiger partial charge in [-0.3, -0.25) is 4.98 Å². The largest absolute Gasteiger partial charge is 0.490 e. The van der Waals surface area contributed by atoms with E-state index >= 15 is 0 Å². The van der Waals surface area contributed by atoms with Gasteiger partial charge in [0.25, 0.3) is 0 Å². The van der Waals surface area contributed by atoms with E-state index in [0.29, 0.717) is 57.6 Å². The zero-order valence-corrected chi connectivity index (χ0v) is 22.6. The molecule has 0 aliphatic rings. The fraction of sp³-hybridized carbons (Fsp3) is 0.500. The molecule has 2 aromatic rings. The Morgan fingerprint density at radius 1 is 0.912 bits per heavy atom. The highest BCUT2D eigenvalue weighted by Gasteiger charge is 2.29. The predicted octanol–water partition coefficient (Wildman–Crippen LogP) is 6.30. The maximum Gasteiger partial charge on any atom is 0.340 e. The number of benzene rings is 1. The second-order valence-electron chi connectivity index (χ2n) is 8.10. The van der Waals surface area contributed by atoms with Gasteiger partial charge in [0.15, 0.2) is 11.5 Å². The molecule has 0 spiro atoms. The van der Waals surface area contributed by atoms with Crippen molar-refractivity contribution < 1.29 is 28.5 Å². The van der Waals surface area contributed by atoms with Gasteiger partial charge in [-0.05, 0) is 80.6 Å². The zero-order valence-electron chi connectivity index (χ0n) is 21.0. The minimum atomic E-state index is -0.556. The van der Waals surface area contributed by atoms with Gasteiger partial charge in [0.2, 0.25) is 0 Å². The molecule has 0 aliphatic carbocycles. The summed E-state index contributed by atoms with van der Waals surface area (Å²) < 4.78 is 23.2. The average molecular weight is 536 g/mol. The summed E-state index contributed by atoms with van der Waals surface area (Å²) in [7, 11) is 0. The number of hydrogen-bond acceptors (Lipinski definition) is 7. The average Bonchev–Trinajstić information content (AvgIpc) is 2.75. The van der Waals surface area contributed by atoms with E-state index in [2.05, 4.69) is 34.8 Å². The van der Waals surface area contributed by atoms with Gasteiger partial charge in [-0.25, -0.2) is 9.59 Å². The van der Waals surface area contributed by atoms with Crippen molar-refractivity contribution in [1.82, 2.24) is 4.98 Å². The van der Waals surface area contributed by atoms with Crippen molar-refractivity contribution in [2.24, 2.45) is 5.92 Å². The SMILES string of the molecule is CCOC(=O)c1c(C)nc(C)c(C(=O)OCC)c1-c1cc(Br)c(OCCC(C)C)c(OCC)c1. The molecule has 8 heteroatoms. The van der Waals surface area contributed by atoms with E-state index in [-0.39, 0.29) is 24.3 Å². The smallest absolute Gasteiger partial charge is 0.340 e. The Morgan fingerprint density at radius 3 is 1.94 bits per heavy atom. The number of ether oxygens (including phenoxy) is 4. The van der Waals surface area contributed by atoms with Gasteiger partial charge in [-0.2, -0.15) is 0 Å². The fourth-order valence-electron chi connectivity index (χ4n) is 3.56. The highest BCUT2D eigenvalue weighted by atomic mass is 79.9. The molecule has 0 saturated heterocycles. The van der Waals surface area contributed by atoms with Crippen LogP contribution in [0.1, 0.15) is 73.1 Å². The molecular formula is C26H34BrNO6. The van der Waals surface area contributed by atoms with Crippen LogP contribution in [0, 0.1) is 19.8 Å². The first kappa shape index (κ1) is 27.6. The third-order valence-corrected chi connectivity index (χ3v) is 5.65. The van der Waals surface area contributed by atoms with Crippen molar-refractivity contribution in [3.63, 3.8) is 0 Å². The summed E-state index contributed by atoms with van der Waals surface area (Å²) in [6.45, 7) is 14.4.